The Bertz CT molecular complexity index is 886. The molecule has 0 N–H and O–H groups in total. The number of rotatable bonds is 5. The van der Waals surface area contributed by atoms with E-state index in [0.29, 0.717) is 11.3 Å². The van der Waals surface area contributed by atoms with Crippen LogP contribution in [0.1, 0.15) is 23.3 Å². The molecule has 4 heterocycles. The summed E-state index contributed by atoms with van der Waals surface area (Å²) in [6, 6.07) is 7.78. The summed E-state index contributed by atoms with van der Waals surface area (Å²) < 4.78 is 0. The first-order chi connectivity index (χ1) is 13.6. The minimum atomic E-state index is -0.209. The summed E-state index contributed by atoms with van der Waals surface area (Å²) in [7, 11) is 4.08. The molecule has 28 heavy (non-hydrogen) atoms. The Morgan fingerprint density at radius 3 is 2.50 bits per heavy atom. The number of aromatic nitrogens is 1. The van der Waals surface area contributed by atoms with E-state index >= 15 is 0 Å². The van der Waals surface area contributed by atoms with Crippen molar-refractivity contribution >= 4 is 28.7 Å². The van der Waals surface area contributed by atoms with Gasteiger partial charge in [0.1, 0.15) is 5.70 Å². The minimum Gasteiger partial charge on any atom is -0.366 e. The maximum Gasteiger partial charge on any atom is 0.278 e. The van der Waals surface area contributed by atoms with Crippen LogP contribution in [0.25, 0.3) is 5.57 Å². The van der Waals surface area contributed by atoms with Crippen LogP contribution in [0.2, 0.25) is 0 Å². The highest BCUT2D eigenvalue weighted by Gasteiger charge is 2.42. The zero-order valence-corrected chi connectivity index (χ0v) is 17.0. The van der Waals surface area contributed by atoms with Crippen molar-refractivity contribution in [3.05, 3.63) is 58.2 Å². The molecule has 0 radical (unpaired) electrons. The van der Waals surface area contributed by atoms with Gasteiger partial charge in [-0.2, -0.15) is 0 Å². The van der Waals surface area contributed by atoms with Gasteiger partial charge in [0.05, 0.1) is 12.1 Å². The van der Waals surface area contributed by atoms with Crippen LogP contribution in [0.15, 0.2) is 47.7 Å². The summed E-state index contributed by atoms with van der Waals surface area (Å²) in [5, 5.41) is 1.94. The number of hydrogen-bond donors (Lipinski definition) is 0. The number of piperidine rings is 1. The van der Waals surface area contributed by atoms with E-state index in [-0.39, 0.29) is 24.4 Å². The Morgan fingerprint density at radius 1 is 1.14 bits per heavy atom. The van der Waals surface area contributed by atoms with Crippen LogP contribution in [-0.2, 0) is 16.1 Å². The number of hydrogen-bond acceptors (Lipinski definition) is 6. The number of likely N-dealkylation sites (tertiary alicyclic amines) is 1. The summed E-state index contributed by atoms with van der Waals surface area (Å²) in [5.74, 6) is -0.411. The highest BCUT2D eigenvalue weighted by atomic mass is 32.1. The Kier molecular flexibility index (Phi) is 5.28. The third kappa shape index (κ3) is 3.47. The molecule has 2 aromatic heterocycles. The predicted molar refractivity (Wildman–Crippen MR) is 109 cm³/mol. The number of amides is 2. The smallest absolute Gasteiger partial charge is 0.278 e. The van der Waals surface area contributed by atoms with Gasteiger partial charge in [-0.1, -0.05) is 6.07 Å². The quantitative estimate of drug-likeness (QED) is 0.727. The first-order valence-corrected chi connectivity index (χ1v) is 10.4. The highest BCUT2D eigenvalue weighted by Crippen LogP contribution is 2.36. The second kappa shape index (κ2) is 7.85. The van der Waals surface area contributed by atoms with Crippen molar-refractivity contribution < 1.29 is 9.59 Å². The molecular weight excluding hydrogens is 372 g/mol. The molecule has 0 spiro atoms. The fourth-order valence-electron chi connectivity index (χ4n) is 3.91. The average molecular weight is 397 g/mol. The van der Waals surface area contributed by atoms with Gasteiger partial charge in [0.15, 0.2) is 0 Å². The van der Waals surface area contributed by atoms with Crippen LogP contribution in [0, 0.1) is 0 Å². The first kappa shape index (κ1) is 18.8. The van der Waals surface area contributed by atoms with Crippen molar-refractivity contribution in [3.8, 4) is 0 Å². The lowest BCUT2D eigenvalue weighted by molar-refractivity contribution is -0.138. The molecule has 0 saturated carbocycles. The van der Waals surface area contributed by atoms with Crippen LogP contribution in [-0.4, -0.2) is 64.7 Å². The predicted octanol–water partition coefficient (Wildman–Crippen LogP) is 2.45. The number of likely N-dealkylation sites (N-methyl/N-ethyl adjacent to an activating group) is 1. The number of nitrogens with zero attached hydrogens (tertiary/aromatic N) is 4. The van der Waals surface area contributed by atoms with E-state index in [1.807, 2.05) is 36.7 Å². The minimum absolute atomic E-state index is 0.202. The molecule has 6 nitrogen and oxygen atoms in total. The Labute approximate surface area is 169 Å². The molecule has 2 aromatic rings. The SMILES string of the molecule is CN1CCC(N(C)C2=C(c3cccs3)C(=O)N(Cc3ccncc3)C2=O)CC1. The van der Waals surface area contributed by atoms with Gasteiger partial charge in [-0.05, 0) is 62.1 Å². The molecule has 0 aliphatic carbocycles. The molecule has 1 saturated heterocycles. The normalized spacial score (nSPS) is 19.0. The van der Waals surface area contributed by atoms with Crippen molar-refractivity contribution in [2.45, 2.75) is 25.4 Å². The fraction of sp³-hybridized carbons (Fsp3) is 0.381. The van der Waals surface area contributed by atoms with Gasteiger partial charge in [0.2, 0.25) is 0 Å². The molecule has 2 amide bonds. The summed E-state index contributed by atoms with van der Waals surface area (Å²) in [4.78, 5) is 37.2. The van der Waals surface area contributed by atoms with Crippen LogP contribution >= 0.6 is 11.3 Å². The standard InChI is InChI=1S/C21H24N4O2S/c1-23-11-7-16(8-12-23)24(2)19-18(17-4-3-13-28-17)20(26)25(21(19)27)14-15-5-9-22-10-6-15/h3-6,9-10,13,16H,7-8,11-12,14H2,1-2H3. The molecule has 1 fully saturated rings. The maximum atomic E-state index is 13.4. The maximum absolute atomic E-state index is 13.4. The molecule has 146 valence electrons. The van der Waals surface area contributed by atoms with Crippen molar-refractivity contribution in [2.24, 2.45) is 0 Å². The van der Waals surface area contributed by atoms with Gasteiger partial charge in [-0.25, -0.2) is 0 Å². The van der Waals surface area contributed by atoms with E-state index in [2.05, 4.69) is 21.8 Å². The van der Waals surface area contributed by atoms with Crippen LogP contribution < -0.4 is 0 Å². The summed E-state index contributed by atoms with van der Waals surface area (Å²) in [6.07, 6.45) is 5.33. The molecule has 2 aliphatic rings. The van der Waals surface area contributed by atoms with E-state index in [4.69, 9.17) is 0 Å². The van der Waals surface area contributed by atoms with Gasteiger partial charge in [0.25, 0.3) is 11.8 Å². The molecule has 0 atom stereocenters. The van der Waals surface area contributed by atoms with E-state index in [9.17, 15) is 9.59 Å². The summed E-state index contributed by atoms with van der Waals surface area (Å²) >= 11 is 1.50. The van der Waals surface area contributed by atoms with Crippen molar-refractivity contribution in [1.82, 2.24) is 19.7 Å². The third-order valence-corrected chi connectivity index (χ3v) is 6.48. The molecule has 7 heteroatoms. The lowest BCUT2D eigenvalue weighted by atomic mass is 10.0. The lowest BCUT2D eigenvalue weighted by Crippen LogP contribution is -2.43. The number of pyridine rings is 1. The van der Waals surface area contributed by atoms with E-state index < -0.39 is 0 Å². The summed E-state index contributed by atoms with van der Waals surface area (Å²) in [6.45, 7) is 2.26. The van der Waals surface area contributed by atoms with Crippen LogP contribution in [0.3, 0.4) is 0 Å². The molecule has 0 bridgehead atoms. The molecular formula is C21H24N4O2S. The fourth-order valence-corrected chi connectivity index (χ4v) is 4.68. The lowest BCUT2D eigenvalue weighted by Gasteiger charge is -2.36. The third-order valence-electron chi connectivity index (χ3n) is 5.59. The van der Waals surface area contributed by atoms with Gasteiger partial charge in [0, 0.05) is 30.4 Å². The molecule has 0 unspecified atom stereocenters. The molecule has 2 aliphatic heterocycles. The van der Waals surface area contributed by atoms with Gasteiger partial charge in [-0.15, -0.1) is 11.3 Å². The molecule has 0 aromatic carbocycles. The first-order valence-electron chi connectivity index (χ1n) is 9.51. The summed E-state index contributed by atoms with van der Waals surface area (Å²) in [5.41, 5.74) is 1.97. The van der Waals surface area contributed by atoms with Crippen molar-refractivity contribution in [1.29, 1.82) is 0 Å². The Hall–Kier alpha value is -2.51. The number of carbonyl (C=O) groups excluding carboxylic acids is 2. The second-order valence-corrected chi connectivity index (χ2v) is 8.35. The number of thiophene rings is 1. The van der Waals surface area contributed by atoms with Gasteiger partial charge in [-0.3, -0.25) is 19.5 Å². The van der Waals surface area contributed by atoms with E-state index in [1.54, 1.807) is 12.4 Å². The largest absolute Gasteiger partial charge is 0.366 e. The van der Waals surface area contributed by atoms with Crippen LogP contribution in [0.5, 0.6) is 0 Å². The van der Waals surface area contributed by atoms with Gasteiger partial charge < -0.3 is 9.80 Å². The van der Waals surface area contributed by atoms with Crippen LogP contribution in [0.4, 0.5) is 0 Å². The number of imide groups is 1. The Balaban J connectivity index is 1.67. The zero-order chi connectivity index (χ0) is 19.7. The topological polar surface area (TPSA) is 56.8 Å². The average Bonchev–Trinajstić information content (AvgIpc) is 3.31. The second-order valence-electron chi connectivity index (χ2n) is 7.40. The zero-order valence-electron chi connectivity index (χ0n) is 16.2. The Morgan fingerprint density at radius 2 is 1.86 bits per heavy atom. The van der Waals surface area contributed by atoms with Crippen molar-refractivity contribution in [2.75, 3.05) is 27.2 Å². The highest BCUT2D eigenvalue weighted by molar-refractivity contribution is 7.11. The molecule has 4 rings (SSSR count). The van der Waals surface area contributed by atoms with Gasteiger partial charge >= 0.3 is 0 Å². The van der Waals surface area contributed by atoms with Crippen molar-refractivity contribution in [3.63, 3.8) is 0 Å². The van der Waals surface area contributed by atoms with E-state index in [1.165, 1.54) is 16.2 Å². The van der Waals surface area contributed by atoms with E-state index in [0.717, 1.165) is 36.4 Å². The monoisotopic (exact) mass is 396 g/mol. The number of carbonyl (C=O) groups is 2.